The first-order valence-electron chi connectivity index (χ1n) is 6.80. The highest BCUT2D eigenvalue weighted by Crippen LogP contribution is 2.22. The third kappa shape index (κ3) is 3.32. The molecular weight excluding hydrogens is 284 g/mol. The van der Waals surface area contributed by atoms with Gasteiger partial charge in [-0.2, -0.15) is 4.31 Å². The molecule has 0 aromatic heterocycles. The molecule has 5 heteroatoms. The van der Waals surface area contributed by atoms with Crippen molar-refractivity contribution in [2.45, 2.75) is 17.9 Å². The van der Waals surface area contributed by atoms with Crippen molar-refractivity contribution < 1.29 is 8.42 Å². The van der Waals surface area contributed by atoms with Gasteiger partial charge in [0, 0.05) is 19.6 Å². The number of nitrogens with zero attached hydrogens (tertiary/aromatic N) is 1. The standard InChI is InChI=1S/C16H20N2O2S/c1-13(12-17)18(2)21(19,20)16-10-8-15(9-11-16)14-6-4-3-5-7-14/h3-11,13H,12,17H2,1-2H3. The Morgan fingerprint density at radius 2 is 1.52 bits per heavy atom. The highest BCUT2D eigenvalue weighted by molar-refractivity contribution is 7.89. The van der Waals surface area contributed by atoms with Crippen molar-refractivity contribution in [1.82, 2.24) is 4.31 Å². The van der Waals surface area contributed by atoms with Gasteiger partial charge < -0.3 is 5.73 Å². The van der Waals surface area contributed by atoms with E-state index in [0.29, 0.717) is 0 Å². The molecule has 0 spiro atoms. The number of rotatable bonds is 5. The second-order valence-corrected chi connectivity index (χ2v) is 6.99. The van der Waals surface area contributed by atoms with E-state index >= 15 is 0 Å². The summed E-state index contributed by atoms with van der Waals surface area (Å²) >= 11 is 0. The fourth-order valence-electron chi connectivity index (χ4n) is 2.00. The fraction of sp³-hybridized carbons (Fsp3) is 0.250. The predicted molar refractivity (Wildman–Crippen MR) is 85.3 cm³/mol. The Morgan fingerprint density at radius 3 is 2.05 bits per heavy atom. The molecule has 2 aromatic rings. The summed E-state index contributed by atoms with van der Waals surface area (Å²) in [4.78, 5) is 0.282. The Bertz CT molecular complexity index is 682. The highest BCUT2D eigenvalue weighted by atomic mass is 32.2. The molecular formula is C16H20N2O2S. The van der Waals surface area contributed by atoms with Crippen LogP contribution in [0.4, 0.5) is 0 Å². The molecule has 2 N–H and O–H groups in total. The van der Waals surface area contributed by atoms with Crippen LogP contribution < -0.4 is 5.73 Å². The van der Waals surface area contributed by atoms with Crippen LogP contribution in [0.5, 0.6) is 0 Å². The van der Waals surface area contributed by atoms with E-state index in [0.717, 1.165) is 11.1 Å². The Morgan fingerprint density at radius 1 is 1.00 bits per heavy atom. The van der Waals surface area contributed by atoms with Crippen LogP contribution in [0.15, 0.2) is 59.5 Å². The Balaban J connectivity index is 2.31. The predicted octanol–water partition coefficient (Wildman–Crippen LogP) is 2.32. The second kappa shape index (κ2) is 6.39. The van der Waals surface area contributed by atoms with Crippen LogP contribution in [0, 0.1) is 0 Å². The maximum atomic E-state index is 12.5. The minimum atomic E-state index is -3.50. The molecule has 21 heavy (non-hydrogen) atoms. The molecule has 0 aliphatic carbocycles. The van der Waals surface area contributed by atoms with E-state index in [9.17, 15) is 8.42 Å². The summed E-state index contributed by atoms with van der Waals surface area (Å²) in [6.07, 6.45) is 0. The summed E-state index contributed by atoms with van der Waals surface area (Å²) in [6.45, 7) is 2.08. The summed E-state index contributed by atoms with van der Waals surface area (Å²) in [6, 6.07) is 16.5. The average molecular weight is 304 g/mol. The molecule has 0 aliphatic heterocycles. The molecule has 0 saturated carbocycles. The van der Waals surface area contributed by atoms with Gasteiger partial charge in [-0.05, 0) is 30.2 Å². The van der Waals surface area contributed by atoms with E-state index in [4.69, 9.17) is 5.73 Å². The molecule has 0 amide bonds. The SMILES string of the molecule is CC(CN)N(C)S(=O)(=O)c1ccc(-c2ccccc2)cc1. The van der Waals surface area contributed by atoms with Crippen molar-refractivity contribution >= 4 is 10.0 Å². The molecule has 1 unspecified atom stereocenters. The van der Waals surface area contributed by atoms with Crippen LogP contribution in [0.1, 0.15) is 6.92 Å². The number of hydrogen-bond acceptors (Lipinski definition) is 3. The topological polar surface area (TPSA) is 63.4 Å². The Kier molecular flexibility index (Phi) is 4.77. The number of nitrogens with two attached hydrogens (primary N) is 1. The van der Waals surface area contributed by atoms with Crippen LogP contribution in [0.3, 0.4) is 0 Å². The summed E-state index contributed by atoms with van der Waals surface area (Å²) < 4.78 is 26.2. The maximum absolute atomic E-state index is 12.5. The van der Waals surface area contributed by atoms with Gasteiger partial charge in [0.25, 0.3) is 0 Å². The molecule has 1 atom stereocenters. The zero-order valence-corrected chi connectivity index (χ0v) is 13.0. The lowest BCUT2D eigenvalue weighted by Crippen LogP contribution is -2.39. The Hall–Kier alpha value is -1.69. The normalized spacial score (nSPS) is 13.3. The van der Waals surface area contributed by atoms with Crippen LogP contribution in [0.25, 0.3) is 11.1 Å². The minimum Gasteiger partial charge on any atom is -0.329 e. The molecule has 0 aliphatic rings. The first-order valence-corrected chi connectivity index (χ1v) is 8.24. The quantitative estimate of drug-likeness (QED) is 0.922. The first-order chi connectivity index (χ1) is 9.96. The zero-order chi connectivity index (χ0) is 15.5. The largest absolute Gasteiger partial charge is 0.329 e. The molecule has 2 aromatic carbocycles. The minimum absolute atomic E-state index is 0.233. The van der Waals surface area contributed by atoms with Crippen LogP contribution in [0.2, 0.25) is 0 Å². The average Bonchev–Trinajstić information content (AvgIpc) is 2.54. The van der Waals surface area contributed by atoms with Gasteiger partial charge in [0.05, 0.1) is 4.90 Å². The van der Waals surface area contributed by atoms with Crippen LogP contribution in [-0.2, 0) is 10.0 Å². The van der Waals surface area contributed by atoms with Crippen molar-refractivity contribution in [3.8, 4) is 11.1 Å². The third-order valence-electron chi connectivity index (χ3n) is 3.60. The molecule has 4 nitrogen and oxygen atoms in total. The van der Waals surface area contributed by atoms with Gasteiger partial charge in [-0.1, -0.05) is 42.5 Å². The lowest BCUT2D eigenvalue weighted by atomic mass is 10.1. The summed E-state index contributed by atoms with van der Waals surface area (Å²) in [5, 5.41) is 0. The number of hydrogen-bond donors (Lipinski definition) is 1. The van der Waals surface area contributed by atoms with Crippen LogP contribution in [-0.4, -0.2) is 32.4 Å². The highest BCUT2D eigenvalue weighted by Gasteiger charge is 2.24. The fourth-order valence-corrected chi connectivity index (χ4v) is 3.37. The number of sulfonamides is 1. The number of likely N-dealkylation sites (N-methyl/N-ethyl adjacent to an activating group) is 1. The molecule has 0 fully saturated rings. The zero-order valence-electron chi connectivity index (χ0n) is 12.2. The monoisotopic (exact) mass is 304 g/mol. The van der Waals surface area contributed by atoms with Gasteiger partial charge >= 0.3 is 0 Å². The van der Waals surface area contributed by atoms with Gasteiger partial charge in [-0.3, -0.25) is 0 Å². The molecule has 0 radical (unpaired) electrons. The molecule has 0 heterocycles. The first kappa shape index (κ1) is 15.7. The van der Waals surface area contributed by atoms with Crippen molar-refractivity contribution in [2.24, 2.45) is 5.73 Å². The third-order valence-corrected chi connectivity index (χ3v) is 5.59. The van der Waals surface area contributed by atoms with E-state index in [1.54, 1.807) is 26.1 Å². The van der Waals surface area contributed by atoms with Crippen LogP contribution >= 0.6 is 0 Å². The van der Waals surface area contributed by atoms with Gasteiger partial charge in [0.1, 0.15) is 0 Å². The molecule has 2 rings (SSSR count). The van der Waals surface area contributed by atoms with E-state index < -0.39 is 10.0 Å². The summed E-state index contributed by atoms with van der Waals surface area (Å²) in [7, 11) is -1.94. The summed E-state index contributed by atoms with van der Waals surface area (Å²) in [5.41, 5.74) is 7.59. The van der Waals surface area contributed by atoms with Gasteiger partial charge in [-0.15, -0.1) is 0 Å². The smallest absolute Gasteiger partial charge is 0.243 e. The van der Waals surface area contributed by atoms with Gasteiger partial charge in [0.2, 0.25) is 10.0 Å². The summed E-state index contributed by atoms with van der Waals surface area (Å²) in [5.74, 6) is 0. The number of benzene rings is 2. The van der Waals surface area contributed by atoms with E-state index in [1.165, 1.54) is 4.31 Å². The van der Waals surface area contributed by atoms with Crippen molar-refractivity contribution in [3.63, 3.8) is 0 Å². The second-order valence-electron chi connectivity index (χ2n) is 5.00. The Labute approximate surface area is 126 Å². The maximum Gasteiger partial charge on any atom is 0.243 e. The lowest BCUT2D eigenvalue weighted by molar-refractivity contribution is 0.394. The molecule has 0 bridgehead atoms. The van der Waals surface area contributed by atoms with Crippen molar-refractivity contribution in [3.05, 3.63) is 54.6 Å². The molecule has 112 valence electrons. The van der Waals surface area contributed by atoms with E-state index in [1.807, 2.05) is 42.5 Å². The van der Waals surface area contributed by atoms with E-state index in [2.05, 4.69) is 0 Å². The van der Waals surface area contributed by atoms with Crippen molar-refractivity contribution in [1.29, 1.82) is 0 Å². The van der Waals surface area contributed by atoms with Gasteiger partial charge in [0.15, 0.2) is 0 Å². The van der Waals surface area contributed by atoms with Gasteiger partial charge in [-0.25, -0.2) is 8.42 Å². The van der Waals surface area contributed by atoms with Crippen molar-refractivity contribution in [2.75, 3.05) is 13.6 Å². The lowest BCUT2D eigenvalue weighted by Gasteiger charge is -2.23. The van der Waals surface area contributed by atoms with E-state index in [-0.39, 0.29) is 17.5 Å². The molecule has 0 saturated heterocycles.